The molecule has 0 aliphatic carbocycles. The number of nitrogens with one attached hydrogen (secondary N) is 1. The highest BCUT2D eigenvalue weighted by molar-refractivity contribution is 5.34. The molecule has 1 unspecified atom stereocenters. The van der Waals surface area contributed by atoms with Gasteiger partial charge in [0.15, 0.2) is 0 Å². The van der Waals surface area contributed by atoms with Gasteiger partial charge >= 0.3 is 0 Å². The Labute approximate surface area is 120 Å². The summed E-state index contributed by atoms with van der Waals surface area (Å²) in [5.41, 5.74) is 1.03. The Bertz CT molecular complexity index is 419. The lowest BCUT2D eigenvalue weighted by atomic mass is 9.83. The van der Waals surface area contributed by atoms with Crippen molar-refractivity contribution >= 4 is 5.69 Å². The molecule has 2 N–H and O–H groups in total. The van der Waals surface area contributed by atoms with Gasteiger partial charge in [0.25, 0.3) is 5.69 Å². The average molecular weight is 280 g/mol. The van der Waals surface area contributed by atoms with Crippen LogP contribution in [-0.4, -0.2) is 23.2 Å². The van der Waals surface area contributed by atoms with Crippen LogP contribution in [0.15, 0.2) is 24.3 Å². The fourth-order valence-corrected chi connectivity index (χ4v) is 2.15. The first kappa shape index (κ1) is 16.6. The zero-order valence-electron chi connectivity index (χ0n) is 12.4. The van der Waals surface area contributed by atoms with Crippen LogP contribution in [0.5, 0.6) is 0 Å². The third-order valence-electron chi connectivity index (χ3n) is 4.22. The van der Waals surface area contributed by atoms with E-state index >= 15 is 0 Å². The highest BCUT2D eigenvalue weighted by atomic mass is 16.6. The van der Waals surface area contributed by atoms with Crippen molar-refractivity contribution in [2.45, 2.75) is 39.7 Å². The lowest BCUT2D eigenvalue weighted by Gasteiger charge is -2.31. The summed E-state index contributed by atoms with van der Waals surface area (Å²) in [5, 5.41) is 23.6. The number of nitrogens with zero attached hydrogens (tertiary/aromatic N) is 1. The molecule has 1 rings (SSSR count). The van der Waals surface area contributed by atoms with Gasteiger partial charge in [-0.1, -0.05) is 26.0 Å². The van der Waals surface area contributed by atoms with Gasteiger partial charge in [0.05, 0.1) is 4.92 Å². The van der Waals surface area contributed by atoms with Crippen LogP contribution >= 0.6 is 0 Å². The van der Waals surface area contributed by atoms with Crippen molar-refractivity contribution in [2.75, 3.05) is 13.2 Å². The Balaban J connectivity index is 2.66. The summed E-state index contributed by atoms with van der Waals surface area (Å²) in [5.74, 6) is 0. The summed E-state index contributed by atoms with van der Waals surface area (Å²) < 4.78 is 0. The molecule has 5 heteroatoms. The molecule has 0 spiro atoms. The van der Waals surface area contributed by atoms with Crippen LogP contribution in [0.3, 0.4) is 0 Å². The molecule has 0 aliphatic heterocycles. The maximum absolute atomic E-state index is 10.6. The van der Waals surface area contributed by atoms with E-state index in [0.29, 0.717) is 0 Å². The minimum absolute atomic E-state index is 0.0883. The van der Waals surface area contributed by atoms with E-state index in [4.69, 9.17) is 0 Å². The number of hydrogen-bond acceptors (Lipinski definition) is 4. The summed E-state index contributed by atoms with van der Waals surface area (Å²) in [6, 6.07) is 6.68. The first-order chi connectivity index (χ1) is 9.48. The summed E-state index contributed by atoms with van der Waals surface area (Å²) in [6.45, 7) is 7.08. The maximum Gasteiger partial charge on any atom is 0.269 e. The summed E-state index contributed by atoms with van der Waals surface area (Å²) in [7, 11) is 0. The number of aliphatic hydroxyl groups is 1. The minimum Gasteiger partial charge on any atom is -0.396 e. The van der Waals surface area contributed by atoms with Crippen LogP contribution in [0, 0.1) is 15.5 Å². The zero-order valence-corrected chi connectivity index (χ0v) is 12.4. The number of nitro groups is 1. The van der Waals surface area contributed by atoms with Crippen molar-refractivity contribution in [1.82, 2.24) is 5.32 Å². The summed E-state index contributed by atoms with van der Waals surface area (Å²) in [6.07, 6.45) is 1.83. The van der Waals surface area contributed by atoms with Crippen molar-refractivity contribution in [3.63, 3.8) is 0 Å². The summed E-state index contributed by atoms with van der Waals surface area (Å²) >= 11 is 0. The molecule has 0 aliphatic rings. The number of hydrogen-bond donors (Lipinski definition) is 2. The Morgan fingerprint density at radius 1 is 1.30 bits per heavy atom. The van der Waals surface area contributed by atoms with E-state index in [9.17, 15) is 15.2 Å². The SMILES string of the molecule is CCC(CC)(CO)CNC(C)c1ccc([N+](=O)[O-])cc1. The van der Waals surface area contributed by atoms with E-state index < -0.39 is 4.92 Å². The molecule has 5 nitrogen and oxygen atoms in total. The molecule has 0 bridgehead atoms. The van der Waals surface area contributed by atoms with Crippen molar-refractivity contribution in [1.29, 1.82) is 0 Å². The number of nitro benzene ring substituents is 1. The molecule has 20 heavy (non-hydrogen) atoms. The molecule has 1 aromatic carbocycles. The summed E-state index contributed by atoms with van der Waals surface area (Å²) in [4.78, 5) is 10.2. The monoisotopic (exact) mass is 280 g/mol. The van der Waals surface area contributed by atoms with Gasteiger partial charge in [-0.15, -0.1) is 0 Å². The molecule has 0 radical (unpaired) electrons. The van der Waals surface area contributed by atoms with Gasteiger partial charge in [0, 0.05) is 36.7 Å². The molecule has 112 valence electrons. The Kier molecular flexibility index (Phi) is 6.10. The third kappa shape index (κ3) is 4.02. The smallest absolute Gasteiger partial charge is 0.269 e. The van der Waals surface area contributed by atoms with Gasteiger partial charge in [-0.3, -0.25) is 10.1 Å². The zero-order chi connectivity index (χ0) is 15.2. The molecule has 0 fully saturated rings. The first-order valence-corrected chi connectivity index (χ1v) is 7.06. The van der Waals surface area contributed by atoms with Crippen molar-refractivity contribution in [3.8, 4) is 0 Å². The van der Waals surface area contributed by atoms with Crippen LogP contribution in [0.25, 0.3) is 0 Å². The molecule has 0 aromatic heterocycles. The second-order valence-corrected chi connectivity index (χ2v) is 5.32. The fourth-order valence-electron chi connectivity index (χ4n) is 2.15. The lowest BCUT2D eigenvalue weighted by molar-refractivity contribution is -0.384. The van der Waals surface area contributed by atoms with Gasteiger partial charge in [0.2, 0.25) is 0 Å². The standard InChI is InChI=1S/C15H24N2O3/c1-4-15(5-2,11-18)10-16-12(3)13-6-8-14(9-7-13)17(19)20/h6-9,12,16,18H,4-5,10-11H2,1-3H3. The molecular weight excluding hydrogens is 256 g/mol. The van der Waals surface area contributed by atoms with E-state index in [1.54, 1.807) is 12.1 Å². The average Bonchev–Trinajstić information content (AvgIpc) is 2.49. The number of rotatable bonds is 8. The first-order valence-electron chi connectivity index (χ1n) is 7.06. The highest BCUT2D eigenvalue weighted by Gasteiger charge is 2.25. The minimum atomic E-state index is -0.396. The molecule has 1 atom stereocenters. The highest BCUT2D eigenvalue weighted by Crippen LogP contribution is 2.26. The fraction of sp³-hybridized carbons (Fsp3) is 0.600. The maximum atomic E-state index is 10.6. The van der Waals surface area contributed by atoms with Gasteiger partial charge in [-0.05, 0) is 25.3 Å². The van der Waals surface area contributed by atoms with E-state index in [0.717, 1.165) is 24.9 Å². The van der Waals surface area contributed by atoms with Crippen molar-refractivity contribution < 1.29 is 10.0 Å². The quantitative estimate of drug-likeness (QED) is 0.567. The Morgan fingerprint density at radius 2 is 1.85 bits per heavy atom. The van der Waals surface area contributed by atoms with Crippen molar-refractivity contribution in [2.24, 2.45) is 5.41 Å². The topological polar surface area (TPSA) is 75.4 Å². The largest absolute Gasteiger partial charge is 0.396 e. The lowest BCUT2D eigenvalue weighted by Crippen LogP contribution is -2.37. The van der Waals surface area contributed by atoms with E-state index in [1.165, 1.54) is 12.1 Å². The van der Waals surface area contributed by atoms with Crippen molar-refractivity contribution in [3.05, 3.63) is 39.9 Å². The number of non-ortho nitro benzene ring substituents is 1. The predicted molar refractivity (Wildman–Crippen MR) is 79.6 cm³/mol. The van der Waals surface area contributed by atoms with Crippen LogP contribution in [-0.2, 0) is 0 Å². The van der Waals surface area contributed by atoms with E-state index in [1.807, 2.05) is 6.92 Å². The van der Waals surface area contributed by atoms with Crippen LogP contribution in [0.1, 0.15) is 45.2 Å². The normalized spacial score (nSPS) is 13.2. The molecule has 0 amide bonds. The van der Waals surface area contributed by atoms with Gasteiger partial charge in [-0.2, -0.15) is 0 Å². The van der Waals surface area contributed by atoms with Crippen LogP contribution < -0.4 is 5.32 Å². The molecule has 0 saturated heterocycles. The van der Waals surface area contributed by atoms with Crippen LogP contribution in [0.2, 0.25) is 0 Å². The second kappa shape index (κ2) is 7.36. The Morgan fingerprint density at radius 3 is 2.25 bits per heavy atom. The number of aliphatic hydroxyl groups excluding tert-OH is 1. The van der Waals surface area contributed by atoms with Gasteiger partial charge < -0.3 is 10.4 Å². The molecule has 0 saturated carbocycles. The number of benzene rings is 1. The van der Waals surface area contributed by atoms with Gasteiger partial charge in [-0.25, -0.2) is 0 Å². The van der Waals surface area contributed by atoms with Gasteiger partial charge in [0.1, 0.15) is 0 Å². The molecule has 0 heterocycles. The predicted octanol–water partition coefficient (Wildman–Crippen LogP) is 3.04. The third-order valence-corrected chi connectivity index (χ3v) is 4.22. The molecular formula is C15H24N2O3. The Hall–Kier alpha value is -1.46. The van der Waals surface area contributed by atoms with E-state index in [-0.39, 0.29) is 23.8 Å². The molecule has 1 aromatic rings. The van der Waals surface area contributed by atoms with E-state index in [2.05, 4.69) is 19.2 Å². The second-order valence-electron chi connectivity index (χ2n) is 5.32. The van der Waals surface area contributed by atoms with Crippen LogP contribution in [0.4, 0.5) is 5.69 Å².